The van der Waals surface area contributed by atoms with Crippen LogP contribution in [0.2, 0.25) is 0 Å². The van der Waals surface area contributed by atoms with Crippen molar-refractivity contribution in [1.82, 2.24) is 0 Å². The van der Waals surface area contributed by atoms with E-state index >= 15 is 0 Å². The molecule has 2 rings (SSSR count). The van der Waals surface area contributed by atoms with Crippen molar-refractivity contribution in [3.05, 3.63) is 59.7 Å². The number of hydrogen-bond donors (Lipinski definition) is 0. The van der Waals surface area contributed by atoms with Crippen LogP contribution >= 0.6 is 0 Å². The molecule has 0 aliphatic carbocycles. The Bertz CT molecular complexity index is 512. The van der Waals surface area contributed by atoms with Crippen molar-refractivity contribution >= 4 is 0 Å². The van der Waals surface area contributed by atoms with Crippen LogP contribution in [0.4, 0.5) is 0 Å². The van der Waals surface area contributed by atoms with Gasteiger partial charge in [0.2, 0.25) is 0 Å². The van der Waals surface area contributed by atoms with Crippen LogP contribution in [0.15, 0.2) is 36.4 Å². The molecule has 0 amide bonds. The number of rotatable bonds is 1. The van der Waals surface area contributed by atoms with Gasteiger partial charge in [0.15, 0.2) is 0 Å². The molecule has 0 N–H and O–H groups in total. The quantitative estimate of drug-likeness (QED) is 0.487. The van der Waals surface area contributed by atoms with Crippen molar-refractivity contribution in [3.8, 4) is 11.1 Å². The SMILES string of the molecule is CC(C)(C)c1c[c-]c(-c2[c-]cc(C(C)(C)C)cc2)cc1.[K+].[K+]. The summed E-state index contributed by atoms with van der Waals surface area (Å²) in [4.78, 5) is 0. The molecule has 0 aliphatic rings. The summed E-state index contributed by atoms with van der Waals surface area (Å²) in [6.45, 7) is 13.3. The van der Waals surface area contributed by atoms with Crippen molar-refractivity contribution in [1.29, 1.82) is 0 Å². The molecule has 0 nitrogen and oxygen atoms in total. The molecule has 2 heteroatoms. The Hall–Kier alpha value is 1.71. The number of benzene rings is 2. The van der Waals surface area contributed by atoms with Gasteiger partial charge in [-0.3, -0.25) is 0 Å². The molecule has 0 aromatic heterocycles. The van der Waals surface area contributed by atoms with E-state index in [9.17, 15) is 0 Å². The van der Waals surface area contributed by atoms with E-state index in [1.54, 1.807) is 0 Å². The van der Waals surface area contributed by atoms with Gasteiger partial charge in [-0.05, 0) is 10.8 Å². The minimum absolute atomic E-state index is 0. The number of hydrogen-bond acceptors (Lipinski definition) is 0. The van der Waals surface area contributed by atoms with Crippen molar-refractivity contribution in [2.45, 2.75) is 52.4 Å². The third-order valence-electron chi connectivity index (χ3n) is 3.65. The van der Waals surface area contributed by atoms with Gasteiger partial charge in [-0.25, -0.2) is 11.1 Å². The van der Waals surface area contributed by atoms with Crippen LogP contribution in [0.5, 0.6) is 0 Å². The zero-order valence-corrected chi connectivity index (χ0v) is 21.7. The molecule has 0 fully saturated rings. The van der Waals surface area contributed by atoms with Gasteiger partial charge in [-0.15, -0.1) is 11.1 Å². The van der Waals surface area contributed by atoms with Crippen molar-refractivity contribution in [2.75, 3.05) is 0 Å². The van der Waals surface area contributed by atoms with Crippen LogP contribution in [0.25, 0.3) is 11.1 Å². The Morgan fingerprint density at radius 3 is 1.09 bits per heavy atom. The second-order valence-electron chi connectivity index (χ2n) is 7.48. The molecule has 0 aliphatic heterocycles. The van der Waals surface area contributed by atoms with E-state index in [0.717, 1.165) is 11.1 Å². The van der Waals surface area contributed by atoms with Crippen LogP contribution in [0, 0.1) is 12.1 Å². The van der Waals surface area contributed by atoms with Gasteiger partial charge in [-0.1, -0.05) is 41.5 Å². The van der Waals surface area contributed by atoms with Crippen LogP contribution in [-0.4, -0.2) is 0 Å². The molecular weight excluding hydrogens is 318 g/mol. The zero-order valence-electron chi connectivity index (χ0n) is 15.5. The molecule has 2 aromatic carbocycles. The molecule has 0 heterocycles. The fraction of sp³-hybridized carbons (Fsp3) is 0.400. The molecule has 0 bridgehead atoms. The summed E-state index contributed by atoms with van der Waals surface area (Å²) in [6.07, 6.45) is 0. The second kappa shape index (κ2) is 9.42. The van der Waals surface area contributed by atoms with Gasteiger partial charge < -0.3 is 0 Å². The molecule has 0 saturated carbocycles. The maximum absolute atomic E-state index is 3.39. The normalized spacial score (nSPS) is 11.4. The first-order chi connectivity index (χ1) is 9.18. The van der Waals surface area contributed by atoms with Gasteiger partial charge >= 0.3 is 103 Å². The van der Waals surface area contributed by atoms with E-state index in [0.29, 0.717) is 0 Å². The minimum Gasteiger partial charge on any atom is -0.226 e. The molecule has 2 aromatic rings. The summed E-state index contributed by atoms with van der Waals surface area (Å²) < 4.78 is 0. The summed E-state index contributed by atoms with van der Waals surface area (Å²) >= 11 is 0. The summed E-state index contributed by atoms with van der Waals surface area (Å²) in [5.74, 6) is 0. The van der Waals surface area contributed by atoms with Crippen molar-refractivity contribution in [2.24, 2.45) is 0 Å². The van der Waals surface area contributed by atoms with Gasteiger partial charge in [0, 0.05) is 0 Å². The Morgan fingerprint density at radius 2 is 0.909 bits per heavy atom. The summed E-state index contributed by atoms with van der Waals surface area (Å²) in [6, 6.07) is 19.6. The molecule has 0 unspecified atom stereocenters. The average Bonchev–Trinajstić information content (AvgIpc) is 2.37. The largest absolute Gasteiger partial charge is 1.00 e. The maximum Gasteiger partial charge on any atom is 1.00 e. The fourth-order valence-electron chi connectivity index (χ4n) is 2.12. The van der Waals surface area contributed by atoms with Crippen LogP contribution in [0.3, 0.4) is 0 Å². The molecule has 0 spiro atoms. The van der Waals surface area contributed by atoms with Crippen LogP contribution in [-0.2, 0) is 10.8 Å². The van der Waals surface area contributed by atoms with Gasteiger partial charge in [0.05, 0.1) is 0 Å². The standard InChI is InChI=1S/C20H24.2K/c1-19(2,3)17-11-7-15(8-12-17)16-9-13-18(14-10-16)20(4,5)6;;/h7,9,11-14H,1-6H3;;/q-2;2*+1. The Morgan fingerprint density at radius 1 is 0.591 bits per heavy atom. The van der Waals surface area contributed by atoms with E-state index in [-0.39, 0.29) is 114 Å². The van der Waals surface area contributed by atoms with Crippen molar-refractivity contribution < 1.29 is 103 Å². The molecule has 0 atom stereocenters. The fourth-order valence-corrected chi connectivity index (χ4v) is 2.12. The summed E-state index contributed by atoms with van der Waals surface area (Å²) in [5, 5.41) is 0. The average molecular weight is 343 g/mol. The Balaban J connectivity index is 0.00000220. The maximum atomic E-state index is 3.39. The molecule has 22 heavy (non-hydrogen) atoms. The zero-order chi connectivity index (χ0) is 15.0. The van der Waals surface area contributed by atoms with Crippen LogP contribution < -0.4 is 103 Å². The molecular formula is C20H24K2. The predicted octanol–water partition coefficient (Wildman–Crippen LogP) is -0.443. The Kier molecular flexibility index (Phi) is 10.2. The topological polar surface area (TPSA) is 0 Å². The molecule has 0 saturated heterocycles. The third kappa shape index (κ3) is 6.55. The van der Waals surface area contributed by atoms with E-state index in [1.165, 1.54) is 11.1 Å². The van der Waals surface area contributed by atoms with Gasteiger partial charge in [0.25, 0.3) is 0 Å². The van der Waals surface area contributed by atoms with E-state index < -0.39 is 0 Å². The van der Waals surface area contributed by atoms with E-state index in [2.05, 4.69) is 90.1 Å². The van der Waals surface area contributed by atoms with Gasteiger partial charge in [0.1, 0.15) is 0 Å². The Labute approximate surface area is 221 Å². The van der Waals surface area contributed by atoms with E-state index in [4.69, 9.17) is 0 Å². The summed E-state index contributed by atoms with van der Waals surface area (Å²) in [5.41, 5.74) is 5.20. The smallest absolute Gasteiger partial charge is 0.226 e. The molecule has 0 radical (unpaired) electrons. The third-order valence-corrected chi connectivity index (χ3v) is 3.65. The first kappa shape index (κ1) is 23.7. The van der Waals surface area contributed by atoms with Crippen LogP contribution in [0.1, 0.15) is 52.7 Å². The monoisotopic (exact) mass is 342 g/mol. The van der Waals surface area contributed by atoms with E-state index in [1.807, 2.05) is 0 Å². The second-order valence-corrected chi connectivity index (χ2v) is 7.48. The molecule has 106 valence electrons. The van der Waals surface area contributed by atoms with Gasteiger partial charge in [-0.2, -0.15) is 48.5 Å². The predicted molar refractivity (Wildman–Crippen MR) is 87.0 cm³/mol. The summed E-state index contributed by atoms with van der Waals surface area (Å²) in [7, 11) is 0. The van der Waals surface area contributed by atoms with Crippen molar-refractivity contribution in [3.63, 3.8) is 0 Å². The minimum atomic E-state index is 0. The first-order valence-electron chi connectivity index (χ1n) is 7.23. The first-order valence-corrected chi connectivity index (χ1v) is 7.23.